The highest BCUT2D eigenvalue weighted by Gasteiger charge is 2.41. The molecule has 80 valence electrons. The molecule has 0 aliphatic carbocycles. The third kappa shape index (κ3) is 1.85. The van der Waals surface area contributed by atoms with E-state index in [1.165, 1.54) is 0 Å². The highest BCUT2D eigenvalue weighted by Crippen LogP contribution is 2.32. The molecule has 0 radical (unpaired) electrons. The van der Waals surface area contributed by atoms with Gasteiger partial charge in [-0.2, -0.15) is 0 Å². The lowest BCUT2D eigenvalue weighted by Gasteiger charge is -2.38. The summed E-state index contributed by atoms with van der Waals surface area (Å²) >= 11 is 0. The van der Waals surface area contributed by atoms with Crippen molar-refractivity contribution in [1.82, 2.24) is 0 Å². The molecule has 3 nitrogen and oxygen atoms in total. The van der Waals surface area contributed by atoms with E-state index in [0.29, 0.717) is 13.2 Å². The van der Waals surface area contributed by atoms with E-state index in [0.717, 1.165) is 19.4 Å². The topological polar surface area (TPSA) is 27.7 Å². The van der Waals surface area contributed by atoms with E-state index in [2.05, 4.69) is 13.5 Å². The summed E-state index contributed by atoms with van der Waals surface area (Å²) in [4.78, 5) is 0. The molecule has 0 bridgehead atoms. The molecule has 2 rings (SSSR count). The van der Waals surface area contributed by atoms with Crippen molar-refractivity contribution in [3.8, 4) is 0 Å². The van der Waals surface area contributed by atoms with Gasteiger partial charge in [0.15, 0.2) is 0 Å². The fourth-order valence-electron chi connectivity index (χ4n) is 2.08. The first-order valence-electron chi connectivity index (χ1n) is 5.24. The summed E-state index contributed by atoms with van der Waals surface area (Å²) in [5.41, 5.74) is -0.151. The van der Waals surface area contributed by atoms with Gasteiger partial charge in [0.25, 0.3) is 0 Å². The number of ether oxygens (including phenoxy) is 3. The maximum absolute atomic E-state index is 5.85. The van der Waals surface area contributed by atoms with Crippen LogP contribution in [0.5, 0.6) is 0 Å². The summed E-state index contributed by atoms with van der Waals surface area (Å²) < 4.78 is 17.1. The molecule has 0 N–H and O–H groups in total. The van der Waals surface area contributed by atoms with Crippen molar-refractivity contribution < 1.29 is 14.2 Å². The van der Waals surface area contributed by atoms with Crippen LogP contribution in [0.15, 0.2) is 12.7 Å². The van der Waals surface area contributed by atoms with Crippen molar-refractivity contribution in [1.29, 1.82) is 0 Å². The molecule has 3 atom stereocenters. The van der Waals surface area contributed by atoms with E-state index >= 15 is 0 Å². The molecular formula is C11H18O3. The minimum Gasteiger partial charge on any atom is -0.376 e. The lowest BCUT2D eigenvalue weighted by atomic mass is 9.95. The average molecular weight is 198 g/mol. The van der Waals surface area contributed by atoms with Crippen molar-refractivity contribution in [2.75, 3.05) is 19.8 Å². The molecule has 2 aliphatic rings. The molecule has 2 fully saturated rings. The molecule has 2 saturated heterocycles. The molecular weight excluding hydrogens is 180 g/mol. The Morgan fingerprint density at radius 2 is 2.29 bits per heavy atom. The minimum absolute atomic E-state index is 0.0229. The predicted molar refractivity (Wildman–Crippen MR) is 53.3 cm³/mol. The zero-order valence-electron chi connectivity index (χ0n) is 8.70. The SMILES string of the molecule is C=C[C@@H]1COC[C@H]([C@]2(C)CCCO2)O1. The molecule has 0 saturated carbocycles. The Morgan fingerprint density at radius 1 is 1.43 bits per heavy atom. The van der Waals surface area contributed by atoms with Crippen LogP contribution in [0.3, 0.4) is 0 Å². The Bertz CT molecular complexity index is 209. The Kier molecular flexibility index (Phi) is 2.91. The van der Waals surface area contributed by atoms with Crippen LogP contribution in [0.4, 0.5) is 0 Å². The highest BCUT2D eigenvalue weighted by molar-refractivity contribution is 4.93. The van der Waals surface area contributed by atoms with Gasteiger partial charge >= 0.3 is 0 Å². The van der Waals surface area contributed by atoms with E-state index in [1.54, 1.807) is 6.08 Å². The van der Waals surface area contributed by atoms with Gasteiger partial charge in [-0.3, -0.25) is 0 Å². The van der Waals surface area contributed by atoms with Crippen LogP contribution in [0.2, 0.25) is 0 Å². The number of hydrogen-bond acceptors (Lipinski definition) is 3. The van der Waals surface area contributed by atoms with Gasteiger partial charge < -0.3 is 14.2 Å². The van der Waals surface area contributed by atoms with Gasteiger partial charge in [0.05, 0.1) is 24.9 Å². The van der Waals surface area contributed by atoms with Crippen molar-refractivity contribution in [3.05, 3.63) is 12.7 Å². The average Bonchev–Trinajstić information content (AvgIpc) is 2.67. The van der Waals surface area contributed by atoms with Gasteiger partial charge in [-0.1, -0.05) is 6.08 Å². The fourth-order valence-corrected chi connectivity index (χ4v) is 2.08. The summed E-state index contributed by atoms with van der Waals surface area (Å²) in [6.07, 6.45) is 4.06. The second kappa shape index (κ2) is 4.01. The van der Waals surface area contributed by atoms with Crippen molar-refractivity contribution in [2.45, 2.75) is 37.6 Å². The van der Waals surface area contributed by atoms with Gasteiger partial charge in [-0.25, -0.2) is 0 Å². The molecule has 0 spiro atoms. The standard InChI is InChI=1S/C11H18O3/c1-3-9-7-12-8-10(14-9)11(2)5-4-6-13-11/h3,9-10H,1,4-8H2,2H3/t9-,10-,11+/m1/s1. The van der Waals surface area contributed by atoms with E-state index in [9.17, 15) is 0 Å². The second-order valence-electron chi connectivity index (χ2n) is 4.20. The molecule has 14 heavy (non-hydrogen) atoms. The molecule has 3 heteroatoms. The predicted octanol–water partition coefficient (Wildman–Crippen LogP) is 1.53. The van der Waals surface area contributed by atoms with Gasteiger partial charge in [-0.05, 0) is 19.8 Å². The smallest absolute Gasteiger partial charge is 0.110 e. The first kappa shape index (κ1) is 10.1. The number of rotatable bonds is 2. The molecule has 0 aromatic carbocycles. The maximum atomic E-state index is 5.85. The Balaban J connectivity index is 1.99. The zero-order chi connectivity index (χ0) is 10.0. The highest BCUT2D eigenvalue weighted by atomic mass is 16.6. The zero-order valence-corrected chi connectivity index (χ0v) is 8.70. The Morgan fingerprint density at radius 3 is 2.93 bits per heavy atom. The van der Waals surface area contributed by atoms with Gasteiger partial charge in [-0.15, -0.1) is 6.58 Å². The second-order valence-corrected chi connectivity index (χ2v) is 4.20. The molecule has 0 amide bonds. The van der Waals surface area contributed by atoms with Crippen LogP contribution in [0, 0.1) is 0 Å². The summed E-state index contributed by atoms with van der Waals surface area (Å²) in [6.45, 7) is 7.94. The number of hydrogen-bond donors (Lipinski definition) is 0. The van der Waals surface area contributed by atoms with E-state index < -0.39 is 0 Å². The molecule has 0 aromatic heterocycles. The van der Waals surface area contributed by atoms with Crippen molar-refractivity contribution >= 4 is 0 Å². The summed E-state index contributed by atoms with van der Waals surface area (Å²) in [5, 5.41) is 0. The van der Waals surface area contributed by atoms with E-state index in [-0.39, 0.29) is 17.8 Å². The van der Waals surface area contributed by atoms with Crippen LogP contribution in [0.25, 0.3) is 0 Å². The fraction of sp³-hybridized carbons (Fsp3) is 0.818. The van der Waals surface area contributed by atoms with Gasteiger partial charge in [0.2, 0.25) is 0 Å². The van der Waals surface area contributed by atoms with Crippen LogP contribution < -0.4 is 0 Å². The van der Waals surface area contributed by atoms with Gasteiger partial charge in [0, 0.05) is 6.61 Å². The monoisotopic (exact) mass is 198 g/mol. The van der Waals surface area contributed by atoms with Crippen molar-refractivity contribution in [3.63, 3.8) is 0 Å². The van der Waals surface area contributed by atoms with E-state index in [4.69, 9.17) is 14.2 Å². The minimum atomic E-state index is -0.151. The quantitative estimate of drug-likeness (QED) is 0.630. The largest absolute Gasteiger partial charge is 0.376 e. The van der Waals surface area contributed by atoms with Crippen molar-refractivity contribution in [2.24, 2.45) is 0 Å². The third-order valence-corrected chi connectivity index (χ3v) is 3.08. The molecule has 2 heterocycles. The Hall–Kier alpha value is -0.380. The maximum Gasteiger partial charge on any atom is 0.110 e. The lowest BCUT2D eigenvalue weighted by molar-refractivity contribution is -0.192. The first-order valence-corrected chi connectivity index (χ1v) is 5.24. The van der Waals surface area contributed by atoms with Crippen LogP contribution in [0.1, 0.15) is 19.8 Å². The summed E-state index contributed by atoms with van der Waals surface area (Å²) in [7, 11) is 0. The van der Waals surface area contributed by atoms with Gasteiger partial charge in [0.1, 0.15) is 6.10 Å². The third-order valence-electron chi connectivity index (χ3n) is 3.08. The Labute approximate surface area is 85.0 Å². The van der Waals surface area contributed by atoms with Crippen LogP contribution in [-0.2, 0) is 14.2 Å². The summed E-state index contributed by atoms with van der Waals surface area (Å²) in [5.74, 6) is 0. The van der Waals surface area contributed by atoms with Crippen LogP contribution >= 0.6 is 0 Å². The molecule has 0 unspecified atom stereocenters. The molecule has 0 aromatic rings. The van der Waals surface area contributed by atoms with E-state index in [1.807, 2.05) is 0 Å². The van der Waals surface area contributed by atoms with Crippen LogP contribution in [-0.4, -0.2) is 37.6 Å². The first-order chi connectivity index (χ1) is 6.74. The summed E-state index contributed by atoms with van der Waals surface area (Å²) in [6, 6.07) is 0. The lowest BCUT2D eigenvalue weighted by Crippen LogP contribution is -2.49. The normalized spacial score (nSPS) is 43.8. The molecule has 2 aliphatic heterocycles.